The predicted octanol–water partition coefficient (Wildman–Crippen LogP) is 3.48. The van der Waals surface area contributed by atoms with Gasteiger partial charge in [-0.25, -0.2) is 9.97 Å². The van der Waals surface area contributed by atoms with Crippen LogP contribution in [0.3, 0.4) is 0 Å². The maximum atomic E-state index is 5.78. The number of benzene rings is 2. The van der Waals surface area contributed by atoms with Crippen LogP contribution in [-0.2, 0) is 0 Å². The first kappa shape index (κ1) is 12.3. The number of aromatic amines is 2. The van der Waals surface area contributed by atoms with E-state index in [4.69, 9.17) is 5.73 Å². The van der Waals surface area contributed by atoms with Crippen LogP contribution in [0.25, 0.3) is 22.1 Å². The highest BCUT2D eigenvalue weighted by Crippen LogP contribution is 2.27. The number of rotatable bonds is 2. The first-order chi connectivity index (χ1) is 10.2. The minimum Gasteiger partial charge on any atom is -0.399 e. The molecule has 0 radical (unpaired) electrons. The fourth-order valence-corrected chi connectivity index (χ4v) is 3.09. The van der Waals surface area contributed by atoms with E-state index in [1.54, 1.807) is 0 Å². The number of nitrogen functional groups attached to an aromatic ring is 1. The molecule has 0 saturated carbocycles. The Balaban J connectivity index is 1.71. The van der Waals surface area contributed by atoms with Crippen molar-refractivity contribution in [1.29, 1.82) is 0 Å². The van der Waals surface area contributed by atoms with Gasteiger partial charge in [-0.3, -0.25) is 0 Å². The number of nitrogens with one attached hydrogen (secondary N) is 2. The molecule has 21 heavy (non-hydrogen) atoms. The Morgan fingerprint density at radius 2 is 1.52 bits per heavy atom. The highest BCUT2D eigenvalue weighted by molar-refractivity contribution is 7.99. The number of H-pyrrole nitrogens is 2. The van der Waals surface area contributed by atoms with Crippen molar-refractivity contribution in [2.45, 2.75) is 17.2 Å². The van der Waals surface area contributed by atoms with E-state index in [0.29, 0.717) is 0 Å². The second-order valence-corrected chi connectivity index (χ2v) is 5.96. The standard InChI is InChI=1S/C15H13N5S/c1-8-2-4-10-12(6-8)19-14(17-10)21-15-18-11-5-3-9(16)7-13(11)20-15/h2-7H,16H2,1H3,(H,17,19)(H,18,20). The number of hydrogen-bond acceptors (Lipinski definition) is 4. The first-order valence-electron chi connectivity index (χ1n) is 6.57. The van der Waals surface area contributed by atoms with Gasteiger partial charge in [0.2, 0.25) is 0 Å². The van der Waals surface area contributed by atoms with Crippen LogP contribution < -0.4 is 5.73 Å². The third-order valence-corrected chi connectivity index (χ3v) is 4.07. The lowest BCUT2D eigenvalue weighted by Crippen LogP contribution is -1.82. The predicted molar refractivity (Wildman–Crippen MR) is 85.5 cm³/mol. The summed E-state index contributed by atoms with van der Waals surface area (Å²) in [6, 6.07) is 11.8. The van der Waals surface area contributed by atoms with Crippen LogP contribution in [0.4, 0.5) is 5.69 Å². The molecular formula is C15H13N5S. The monoisotopic (exact) mass is 295 g/mol. The summed E-state index contributed by atoms with van der Waals surface area (Å²) in [5.74, 6) is 0. The van der Waals surface area contributed by atoms with Crippen molar-refractivity contribution < 1.29 is 0 Å². The van der Waals surface area contributed by atoms with E-state index < -0.39 is 0 Å². The van der Waals surface area contributed by atoms with Gasteiger partial charge in [-0.05, 0) is 54.6 Å². The zero-order valence-electron chi connectivity index (χ0n) is 11.3. The summed E-state index contributed by atoms with van der Waals surface area (Å²) in [5.41, 5.74) is 11.5. The molecule has 0 unspecified atom stereocenters. The quantitative estimate of drug-likeness (QED) is 0.494. The van der Waals surface area contributed by atoms with Crippen LogP contribution in [0, 0.1) is 6.92 Å². The zero-order chi connectivity index (χ0) is 14.4. The first-order valence-corrected chi connectivity index (χ1v) is 7.38. The molecule has 0 atom stereocenters. The van der Waals surface area contributed by atoms with Crippen molar-refractivity contribution in [2.75, 3.05) is 5.73 Å². The van der Waals surface area contributed by atoms with Crippen LogP contribution in [0.1, 0.15) is 5.56 Å². The van der Waals surface area contributed by atoms with E-state index in [1.165, 1.54) is 17.3 Å². The molecular weight excluding hydrogens is 282 g/mol. The van der Waals surface area contributed by atoms with Gasteiger partial charge in [0.25, 0.3) is 0 Å². The Morgan fingerprint density at radius 3 is 2.24 bits per heavy atom. The number of aromatic nitrogens is 4. The molecule has 104 valence electrons. The normalized spacial score (nSPS) is 11.5. The van der Waals surface area contributed by atoms with E-state index >= 15 is 0 Å². The molecule has 0 bridgehead atoms. The molecule has 6 heteroatoms. The Kier molecular flexibility index (Phi) is 2.65. The van der Waals surface area contributed by atoms with E-state index in [-0.39, 0.29) is 0 Å². The lowest BCUT2D eigenvalue weighted by Gasteiger charge is -1.90. The van der Waals surface area contributed by atoms with Crippen LogP contribution in [-0.4, -0.2) is 19.9 Å². The summed E-state index contributed by atoms with van der Waals surface area (Å²) in [4.78, 5) is 15.6. The zero-order valence-corrected chi connectivity index (χ0v) is 12.2. The van der Waals surface area contributed by atoms with Crippen molar-refractivity contribution in [3.05, 3.63) is 42.0 Å². The molecule has 0 spiro atoms. The molecule has 4 N–H and O–H groups in total. The smallest absolute Gasteiger partial charge is 0.174 e. The van der Waals surface area contributed by atoms with Gasteiger partial charge in [0.15, 0.2) is 10.3 Å². The van der Waals surface area contributed by atoms with Gasteiger partial charge in [0.05, 0.1) is 22.1 Å². The minimum atomic E-state index is 0.724. The Labute approximate surface area is 125 Å². The molecule has 4 rings (SSSR count). The van der Waals surface area contributed by atoms with Gasteiger partial charge in [0, 0.05) is 5.69 Å². The van der Waals surface area contributed by atoms with Gasteiger partial charge in [-0.15, -0.1) is 0 Å². The van der Waals surface area contributed by atoms with Gasteiger partial charge in [-0.1, -0.05) is 6.07 Å². The number of hydrogen-bond donors (Lipinski definition) is 3. The Bertz CT molecular complexity index is 875. The van der Waals surface area contributed by atoms with Crippen molar-refractivity contribution in [3.8, 4) is 0 Å². The van der Waals surface area contributed by atoms with Gasteiger partial charge < -0.3 is 15.7 Å². The largest absolute Gasteiger partial charge is 0.399 e. The molecule has 0 aliphatic heterocycles. The molecule has 2 heterocycles. The fourth-order valence-electron chi connectivity index (χ4n) is 2.29. The van der Waals surface area contributed by atoms with Gasteiger partial charge in [0.1, 0.15) is 0 Å². The highest BCUT2D eigenvalue weighted by atomic mass is 32.2. The molecule has 0 aliphatic rings. The van der Waals surface area contributed by atoms with Crippen LogP contribution in [0.2, 0.25) is 0 Å². The van der Waals surface area contributed by atoms with Crippen LogP contribution in [0.5, 0.6) is 0 Å². The van der Waals surface area contributed by atoms with Crippen molar-refractivity contribution >= 4 is 39.5 Å². The van der Waals surface area contributed by atoms with E-state index in [2.05, 4.69) is 39.0 Å². The second kappa shape index (κ2) is 4.53. The molecule has 4 aromatic rings. The van der Waals surface area contributed by atoms with Gasteiger partial charge >= 0.3 is 0 Å². The third-order valence-electron chi connectivity index (χ3n) is 3.29. The van der Waals surface area contributed by atoms with Crippen molar-refractivity contribution in [2.24, 2.45) is 0 Å². The van der Waals surface area contributed by atoms with Crippen molar-refractivity contribution in [1.82, 2.24) is 19.9 Å². The second-order valence-electron chi connectivity index (χ2n) is 4.98. The van der Waals surface area contributed by atoms with Crippen LogP contribution >= 0.6 is 11.8 Å². The molecule has 0 saturated heterocycles. The lowest BCUT2D eigenvalue weighted by atomic mass is 10.2. The van der Waals surface area contributed by atoms with E-state index in [1.807, 2.05) is 24.3 Å². The summed E-state index contributed by atoms with van der Waals surface area (Å²) in [5, 5.41) is 1.62. The average Bonchev–Trinajstić information content (AvgIpc) is 3.00. The Hall–Kier alpha value is -2.47. The number of fused-ring (bicyclic) bond motifs is 2. The summed E-state index contributed by atoms with van der Waals surface area (Å²) < 4.78 is 0. The molecule has 0 amide bonds. The number of anilines is 1. The highest BCUT2D eigenvalue weighted by Gasteiger charge is 2.09. The maximum absolute atomic E-state index is 5.78. The molecule has 0 fully saturated rings. The van der Waals surface area contributed by atoms with Gasteiger partial charge in [-0.2, -0.15) is 0 Å². The van der Waals surface area contributed by atoms with Crippen LogP contribution in [0.15, 0.2) is 46.7 Å². The number of aryl methyl sites for hydroxylation is 1. The average molecular weight is 295 g/mol. The summed E-state index contributed by atoms with van der Waals surface area (Å²) in [6.07, 6.45) is 0. The number of nitrogens with zero attached hydrogens (tertiary/aromatic N) is 2. The Morgan fingerprint density at radius 1 is 0.905 bits per heavy atom. The minimum absolute atomic E-state index is 0.724. The fraction of sp³-hybridized carbons (Fsp3) is 0.0667. The summed E-state index contributed by atoms with van der Waals surface area (Å²) in [7, 11) is 0. The van der Waals surface area contributed by atoms with Crippen molar-refractivity contribution in [3.63, 3.8) is 0 Å². The SMILES string of the molecule is Cc1ccc2nc(Sc3nc4ccc(N)cc4[nH]3)[nH]c2c1. The molecule has 5 nitrogen and oxygen atoms in total. The molecule has 0 aliphatic carbocycles. The van der Waals surface area contributed by atoms with E-state index in [9.17, 15) is 0 Å². The summed E-state index contributed by atoms with van der Waals surface area (Å²) >= 11 is 1.48. The summed E-state index contributed by atoms with van der Waals surface area (Å²) in [6.45, 7) is 2.07. The third kappa shape index (κ3) is 2.23. The topological polar surface area (TPSA) is 83.4 Å². The number of nitrogens with two attached hydrogens (primary N) is 1. The lowest BCUT2D eigenvalue weighted by molar-refractivity contribution is 1.03. The molecule has 2 aromatic carbocycles. The number of imidazole rings is 2. The maximum Gasteiger partial charge on any atom is 0.174 e. The molecule has 2 aromatic heterocycles. The van der Waals surface area contributed by atoms with E-state index in [0.717, 1.165) is 38.1 Å².